The zero-order valence-corrected chi connectivity index (χ0v) is 16.4. The number of carbonyl (C=O) groups excluding carboxylic acids is 2. The van der Waals surface area contributed by atoms with Gasteiger partial charge in [-0.2, -0.15) is 0 Å². The van der Waals surface area contributed by atoms with Crippen LogP contribution >= 0.6 is 11.6 Å². The van der Waals surface area contributed by atoms with Gasteiger partial charge in [0, 0.05) is 11.8 Å². The van der Waals surface area contributed by atoms with Crippen molar-refractivity contribution in [2.45, 2.75) is 13.0 Å². The number of benzene rings is 2. The maximum atomic E-state index is 13.0. The molecule has 0 spiro atoms. The van der Waals surface area contributed by atoms with Gasteiger partial charge in [0.05, 0.1) is 17.9 Å². The quantitative estimate of drug-likeness (QED) is 0.452. The number of nitrogens with one attached hydrogen (secondary N) is 1. The molecule has 0 radical (unpaired) electrons. The molecule has 0 bridgehead atoms. The van der Waals surface area contributed by atoms with Crippen molar-refractivity contribution in [1.29, 1.82) is 0 Å². The minimum absolute atomic E-state index is 0.192. The molecule has 7 heteroatoms. The number of hydrogen-bond donors (Lipinski definition) is 1. The number of halogens is 1. The third-order valence-electron chi connectivity index (χ3n) is 3.97. The zero-order valence-electron chi connectivity index (χ0n) is 15.7. The van der Waals surface area contributed by atoms with Crippen molar-refractivity contribution in [3.05, 3.63) is 89.2 Å². The van der Waals surface area contributed by atoms with Gasteiger partial charge in [0.25, 0.3) is 5.91 Å². The monoisotopic (exact) mass is 410 g/mol. The summed E-state index contributed by atoms with van der Waals surface area (Å²) in [6.45, 7) is 2.31. The molecule has 1 N–H and O–H groups in total. The van der Waals surface area contributed by atoms with Crippen molar-refractivity contribution < 1.29 is 19.1 Å². The Labute approximate surface area is 173 Å². The SMILES string of the molecule is CCOc1ccccc1NC(=O)C(OC(=O)c1ccc(Cl)nc1)c1ccccc1. The van der Waals surface area contributed by atoms with Gasteiger partial charge < -0.3 is 14.8 Å². The Morgan fingerprint density at radius 1 is 1.03 bits per heavy atom. The molecule has 0 saturated carbocycles. The molecule has 0 saturated heterocycles. The molecule has 1 heterocycles. The number of hydrogen-bond acceptors (Lipinski definition) is 5. The number of amides is 1. The fourth-order valence-electron chi connectivity index (χ4n) is 2.62. The standard InChI is InChI=1S/C22H19ClN2O4/c1-2-28-18-11-7-6-10-17(18)25-21(26)20(15-8-4-3-5-9-15)29-22(27)16-12-13-19(23)24-14-16/h3-14,20H,2H2,1H3,(H,25,26). The molecule has 1 amide bonds. The Balaban J connectivity index is 1.85. The first-order valence-corrected chi connectivity index (χ1v) is 9.36. The highest BCUT2D eigenvalue weighted by atomic mass is 35.5. The first kappa shape index (κ1) is 20.4. The third-order valence-corrected chi connectivity index (χ3v) is 4.20. The van der Waals surface area contributed by atoms with E-state index in [1.54, 1.807) is 42.5 Å². The molecular weight excluding hydrogens is 392 g/mol. The molecule has 0 aliphatic rings. The van der Waals surface area contributed by atoms with Crippen LogP contribution in [0.25, 0.3) is 0 Å². The molecule has 0 aliphatic carbocycles. The van der Waals surface area contributed by atoms with Crippen LogP contribution in [0.1, 0.15) is 28.9 Å². The summed E-state index contributed by atoms with van der Waals surface area (Å²) in [7, 11) is 0. The van der Waals surface area contributed by atoms with Crippen LogP contribution in [0.15, 0.2) is 72.9 Å². The molecule has 3 aromatic rings. The summed E-state index contributed by atoms with van der Waals surface area (Å²) in [5.74, 6) is -0.654. The maximum Gasteiger partial charge on any atom is 0.340 e. The van der Waals surface area contributed by atoms with Gasteiger partial charge in [-0.1, -0.05) is 54.1 Å². The fraction of sp³-hybridized carbons (Fsp3) is 0.136. The lowest BCUT2D eigenvalue weighted by atomic mass is 10.1. The van der Waals surface area contributed by atoms with Crippen molar-refractivity contribution in [1.82, 2.24) is 4.98 Å². The molecule has 1 aromatic heterocycles. The summed E-state index contributed by atoms with van der Waals surface area (Å²) in [4.78, 5) is 29.4. The number of esters is 1. The molecule has 29 heavy (non-hydrogen) atoms. The normalized spacial score (nSPS) is 11.4. The van der Waals surface area contributed by atoms with Crippen LogP contribution in [-0.2, 0) is 9.53 Å². The minimum atomic E-state index is -1.16. The summed E-state index contributed by atoms with van der Waals surface area (Å²) >= 11 is 5.76. The topological polar surface area (TPSA) is 77.5 Å². The van der Waals surface area contributed by atoms with E-state index in [0.717, 1.165) is 0 Å². The van der Waals surface area contributed by atoms with Crippen LogP contribution in [0.2, 0.25) is 5.15 Å². The molecule has 6 nitrogen and oxygen atoms in total. The number of aromatic nitrogens is 1. The van der Waals surface area contributed by atoms with Gasteiger partial charge in [0.1, 0.15) is 10.9 Å². The van der Waals surface area contributed by atoms with Gasteiger partial charge in [-0.05, 0) is 31.2 Å². The van der Waals surface area contributed by atoms with E-state index in [1.807, 2.05) is 19.1 Å². The number of ether oxygens (including phenoxy) is 2. The predicted octanol–water partition coefficient (Wildman–Crippen LogP) is 4.67. The van der Waals surface area contributed by atoms with Crippen LogP contribution in [0.4, 0.5) is 5.69 Å². The smallest absolute Gasteiger partial charge is 0.340 e. The zero-order chi connectivity index (χ0) is 20.6. The van der Waals surface area contributed by atoms with E-state index in [2.05, 4.69) is 10.3 Å². The Bertz CT molecular complexity index is 978. The molecule has 0 fully saturated rings. The lowest BCUT2D eigenvalue weighted by Gasteiger charge is -2.19. The van der Waals surface area contributed by atoms with Crippen LogP contribution in [0.3, 0.4) is 0 Å². The number of para-hydroxylation sites is 2. The lowest BCUT2D eigenvalue weighted by Crippen LogP contribution is -2.26. The predicted molar refractivity (Wildman–Crippen MR) is 110 cm³/mol. The highest BCUT2D eigenvalue weighted by Gasteiger charge is 2.26. The molecule has 0 aliphatic heterocycles. The number of carbonyl (C=O) groups is 2. The van der Waals surface area contributed by atoms with Gasteiger partial charge in [0.15, 0.2) is 0 Å². The maximum absolute atomic E-state index is 13.0. The molecule has 1 atom stereocenters. The molecular formula is C22H19ClN2O4. The first-order valence-electron chi connectivity index (χ1n) is 8.98. The highest BCUT2D eigenvalue weighted by molar-refractivity contribution is 6.29. The van der Waals surface area contributed by atoms with Gasteiger partial charge >= 0.3 is 5.97 Å². The van der Waals surface area contributed by atoms with Crippen LogP contribution in [0.5, 0.6) is 5.75 Å². The largest absolute Gasteiger partial charge is 0.492 e. The number of anilines is 1. The van der Waals surface area contributed by atoms with Crippen molar-refractivity contribution in [2.24, 2.45) is 0 Å². The summed E-state index contributed by atoms with van der Waals surface area (Å²) in [5.41, 5.74) is 1.22. The van der Waals surface area contributed by atoms with E-state index in [-0.39, 0.29) is 10.7 Å². The van der Waals surface area contributed by atoms with Crippen LogP contribution in [0, 0.1) is 0 Å². The highest BCUT2D eigenvalue weighted by Crippen LogP contribution is 2.27. The Morgan fingerprint density at radius 3 is 2.45 bits per heavy atom. The van der Waals surface area contributed by atoms with Crippen LogP contribution < -0.4 is 10.1 Å². The second kappa shape index (κ2) is 9.71. The van der Waals surface area contributed by atoms with Crippen molar-refractivity contribution >= 4 is 29.2 Å². The van der Waals surface area contributed by atoms with E-state index in [9.17, 15) is 9.59 Å². The summed E-state index contributed by atoms with van der Waals surface area (Å²) in [5, 5.41) is 3.04. The Kier molecular flexibility index (Phi) is 6.81. The minimum Gasteiger partial charge on any atom is -0.492 e. The van der Waals surface area contributed by atoms with E-state index < -0.39 is 18.0 Å². The van der Waals surface area contributed by atoms with Crippen LogP contribution in [-0.4, -0.2) is 23.5 Å². The second-order valence-corrected chi connectivity index (χ2v) is 6.37. The van der Waals surface area contributed by atoms with E-state index in [0.29, 0.717) is 23.6 Å². The number of rotatable bonds is 7. The molecule has 2 aromatic carbocycles. The first-order chi connectivity index (χ1) is 14.1. The molecule has 3 rings (SSSR count). The lowest BCUT2D eigenvalue weighted by molar-refractivity contribution is -0.125. The summed E-state index contributed by atoms with van der Waals surface area (Å²) in [6.07, 6.45) is 0.142. The van der Waals surface area contributed by atoms with Crippen molar-refractivity contribution in [3.8, 4) is 5.75 Å². The summed E-state index contributed by atoms with van der Waals surface area (Å²) < 4.78 is 11.1. The average molecular weight is 411 g/mol. The van der Waals surface area contributed by atoms with E-state index in [4.69, 9.17) is 21.1 Å². The van der Waals surface area contributed by atoms with Crippen molar-refractivity contribution in [3.63, 3.8) is 0 Å². The van der Waals surface area contributed by atoms with Gasteiger partial charge in [0.2, 0.25) is 6.10 Å². The van der Waals surface area contributed by atoms with Crippen molar-refractivity contribution in [2.75, 3.05) is 11.9 Å². The fourth-order valence-corrected chi connectivity index (χ4v) is 2.73. The number of nitrogens with zero attached hydrogens (tertiary/aromatic N) is 1. The van der Waals surface area contributed by atoms with Gasteiger partial charge in [-0.25, -0.2) is 9.78 Å². The summed E-state index contributed by atoms with van der Waals surface area (Å²) in [6, 6.07) is 18.8. The molecule has 148 valence electrons. The third kappa shape index (κ3) is 5.33. The van der Waals surface area contributed by atoms with E-state index >= 15 is 0 Å². The molecule has 1 unspecified atom stereocenters. The average Bonchev–Trinajstić information content (AvgIpc) is 2.74. The van der Waals surface area contributed by atoms with E-state index in [1.165, 1.54) is 18.3 Å². The number of pyridine rings is 1. The second-order valence-electron chi connectivity index (χ2n) is 5.98. The Hall–Kier alpha value is -3.38. The van der Waals surface area contributed by atoms with Gasteiger partial charge in [-0.15, -0.1) is 0 Å². The Morgan fingerprint density at radius 2 is 1.76 bits per heavy atom. The van der Waals surface area contributed by atoms with Gasteiger partial charge in [-0.3, -0.25) is 4.79 Å².